The van der Waals surface area contributed by atoms with Crippen LogP contribution >= 0.6 is 0 Å². The summed E-state index contributed by atoms with van der Waals surface area (Å²) < 4.78 is 0. The molecule has 2 aliphatic rings. The Hall–Kier alpha value is -3.47. The smallest absolute Gasteiger partial charge is 0.227 e. The van der Waals surface area contributed by atoms with Gasteiger partial charge in [0.2, 0.25) is 11.8 Å². The molecule has 5 heteroatoms. The molecule has 0 saturated carbocycles. The van der Waals surface area contributed by atoms with Crippen molar-refractivity contribution in [2.45, 2.75) is 25.7 Å². The number of aromatic nitrogens is 1. The summed E-state index contributed by atoms with van der Waals surface area (Å²) in [5.74, 6) is 0.284. The van der Waals surface area contributed by atoms with Crippen LogP contribution in [0.15, 0.2) is 66.9 Å². The Labute approximate surface area is 176 Å². The van der Waals surface area contributed by atoms with Gasteiger partial charge < -0.3 is 9.80 Å². The number of nitrogens with zero attached hydrogens (tertiary/aromatic N) is 3. The number of pyridine rings is 1. The highest BCUT2D eigenvalue weighted by Gasteiger charge is 2.26. The Balaban J connectivity index is 1.55. The monoisotopic (exact) mass is 397 g/mol. The van der Waals surface area contributed by atoms with Gasteiger partial charge in [-0.25, -0.2) is 0 Å². The van der Waals surface area contributed by atoms with Crippen LogP contribution < -0.4 is 9.80 Å². The van der Waals surface area contributed by atoms with Crippen LogP contribution in [0.25, 0.3) is 22.4 Å². The molecule has 2 aromatic carbocycles. The van der Waals surface area contributed by atoms with Gasteiger partial charge in [-0.2, -0.15) is 0 Å². The fourth-order valence-electron chi connectivity index (χ4n) is 4.26. The lowest BCUT2D eigenvalue weighted by atomic mass is 10.0. The van der Waals surface area contributed by atoms with Gasteiger partial charge in [0, 0.05) is 54.6 Å². The molecule has 0 unspecified atom stereocenters. The lowest BCUT2D eigenvalue weighted by Gasteiger charge is -2.22. The van der Waals surface area contributed by atoms with Crippen LogP contribution in [0.1, 0.15) is 25.7 Å². The van der Waals surface area contributed by atoms with E-state index >= 15 is 0 Å². The Bertz CT molecular complexity index is 1050. The van der Waals surface area contributed by atoms with Gasteiger partial charge in [-0.15, -0.1) is 0 Å². The Morgan fingerprint density at radius 3 is 1.80 bits per heavy atom. The average Bonchev–Trinajstić information content (AvgIpc) is 3.42. The molecule has 0 bridgehead atoms. The lowest BCUT2D eigenvalue weighted by molar-refractivity contribution is -0.117. The normalized spacial score (nSPS) is 16.5. The van der Waals surface area contributed by atoms with Crippen LogP contribution in [0, 0.1) is 0 Å². The number of rotatable bonds is 4. The van der Waals surface area contributed by atoms with E-state index in [1.54, 1.807) is 0 Å². The Morgan fingerprint density at radius 2 is 1.30 bits per heavy atom. The molecule has 2 aliphatic heterocycles. The third-order valence-corrected chi connectivity index (χ3v) is 5.84. The van der Waals surface area contributed by atoms with Gasteiger partial charge in [0.1, 0.15) is 0 Å². The van der Waals surface area contributed by atoms with Crippen molar-refractivity contribution < 1.29 is 9.59 Å². The molecular formula is C25H23N3O2. The zero-order valence-electron chi connectivity index (χ0n) is 16.8. The third kappa shape index (κ3) is 3.47. The topological polar surface area (TPSA) is 53.5 Å². The van der Waals surface area contributed by atoms with Gasteiger partial charge in [0.05, 0.1) is 5.69 Å². The largest absolute Gasteiger partial charge is 0.312 e. The molecule has 150 valence electrons. The summed E-state index contributed by atoms with van der Waals surface area (Å²) in [6.07, 6.45) is 4.76. The van der Waals surface area contributed by atoms with Crippen LogP contribution in [0.4, 0.5) is 11.4 Å². The van der Waals surface area contributed by atoms with Gasteiger partial charge >= 0.3 is 0 Å². The van der Waals surface area contributed by atoms with Gasteiger partial charge in [0.15, 0.2) is 0 Å². The first-order valence-electron chi connectivity index (χ1n) is 10.5. The summed E-state index contributed by atoms with van der Waals surface area (Å²) in [4.78, 5) is 33.0. The molecule has 0 N–H and O–H groups in total. The minimum atomic E-state index is 0.142. The second kappa shape index (κ2) is 7.75. The van der Waals surface area contributed by atoms with E-state index < -0.39 is 0 Å². The second-order valence-electron chi connectivity index (χ2n) is 7.83. The molecule has 1 aromatic heterocycles. The summed E-state index contributed by atoms with van der Waals surface area (Å²) in [5, 5.41) is 0. The second-order valence-corrected chi connectivity index (χ2v) is 7.83. The van der Waals surface area contributed by atoms with E-state index in [0.29, 0.717) is 12.8 Å². The van der Waals surface area contributed by atoms with Crippen molar-refractivity contribution in [1.29, 1.82) is 0 Å². The van der Waals surface area contributed by atoms with Crippen LogP contribution in [0.2, 0.25) is 0 Å². The maximum absolute atomic E-state index is 12.4. The minimum absolute atomic E-state index is 0.142. The standard InChI is InChI=1S/C25H23N3O2/c29-24-8-4-12-27(24)21-14-20(15-22(16-21)28-13-5-9-25(28)30)19-10-11-23(26-17-19)18-6-2-1-3-7-18/h1-3,6-7,10-11,14-17H,4-5,8-9,12-13H2. The van der Waals surface area contributed by atoms with Crippen LogP contribution in [-0.4, -0.2) is 29.9 Å². The molecule has 2 saturated heterocycles. The first-order valence-corrected chi connectivity index (χ1v) is 10.5. The van der Waals surface area contributed by atoms with Crippen molar-refractivity contribution >= 4 is 23.2 Å². The summed E-state index contributed by atoms with van der Waals surface area (Å²) in [5.41, 5.74) is 5.64. The maximum Gasteiger partial charge on any atom is 0.227 e. The zero-order chi connectivity index (χ0) is 20.5. The van der Waals surface area contributed by atoms with Crippen LogP contribution in [0.3, 0.4) is 0 Å². The van der Waals surface area contributed by atoms with Crippen molar-refractivity contribution in [3.63, 3.8) is 0 Å². The highest BCUT2D eigenvalue weighted by atomic mass is 16.2. The van der Waals surface area contributed by atoms with Gasteiger partial charge in [-0.3, -0.25) is 14.6 Å². The summed E-state index contributed by atoms with van der Waals surface area (Å²) in [6.45, 7) is 1.45. The van der Waals surface area contributed by atoms with Crippen molar-refractivity contribution in [3.8, 4) is 22.4 Å². The number of carbonyl (C=O) groups excluding carboxylic acids is 2. The van der Waals surface area contributed by atoms with E-state index in [1.165, 1.54) is 0 Å². The minimum Gasteiger partial charge on any atom is -0.312 e. The highest BCUT2D eigenvalue weighted by molar-refractivity contribution is 6.00. The first kappa shape index (κ1) is 18.6. The van der Waals surface area contributed by atoms with Gasteiger partial charge in [-0.1, -0.05) is 36.4 Å². The number of hydrogen-bond acceptors (Lipinski definition) is 3. The third-order valence-electron chi connectivity index (χ3n) is 5.84. The summed E-state index contributed by atoms with van der Waals surface area (Å²) >= 11 is 0. The maximum atomic E-state index is 12.4. The molecule has 2 fully saturated rings. The quantitative estimate of drug-likeness (QED) is 0.643. The first-order chi connectivity index (χ1) is 14.7. The molecule has 0 spiro atoms. The van der Waals surface area contributed by atoms with Crippen molar-refractivity contribution in [3.05, 3.63) is 66.9 Å². The average molecular weight is 397 g/mol. The number of carbonyl (C=O) groups is 2. The van der Waals surface area contributed by atoms with E-state index in [9.17, 15) is 9.59 Å². The molecule has 2 amide bonds. The zero-order valence-corrected chi connectivity index (χ0v) is 16.8. The molecule has 5 nitrogen and oxygen atoms in total. The lowest BCUT2D eigenvalue weighted by Crippen LogP contribution is -2.26. The molecule has 3 heterocycles. The molecule has 5 rings (SSSR count). The van der Waals surface area contributed by atoms with Crippen LogP contribution in [0.5, 0.6) is 0 Å². The number of anilines is 2. The van der Waals surface area contributed by atoms with Gasteiger partial charge in [0.25, 0.3) is 0 Å². The number of amides is 2. The Morgan fingerprint density at radius 1 is 0.667 bits per heavy atom. The predicted molar refractivity (Wildman–Crippen MR) is 118 cm³/mol. The molecular weight excluding hydrogens is 374 g/mol. The highest BCUT2D eigenvalue weighted by Crippen LogP contribution is 2.34. The van der Waals surface area contributed by atoms with E-state index in [2.05, 4.69) is 11.1 Å². The predicted octanol–water partition coefficient (Wildman–Crippen LogP) is 4.67. The van der Waals surface area contributed by atoms with Crippen molar-refractivity contribution in [1.82, 2.24) is 4.98 Å². The molecule has 0 radical (unpaired) electrons. The van der Waals surface area contributed by atoms with E-state index in [1.807, 2.05) is 70.6 Å². The fraction of sp³-hybridized carbons (Fsp3) is 0.240. The Kier molecular flexibility index (Phi) is 4.79. The van der Waals surface area contributed by atoms with E-state index in [4.69, 9.17) is 0 Å². The van der Waals surface area contributed by atoms with E-state index in [-0.39, 0.29) is 11.8 Å². The fourth-order valence-corrected chi connectivity index (χ4v) is 4.26. The molecule has 0 atom stereocenters. The molecule has 3 aromatic rings. The molecule has 30 heavy (non-hydrogen) atoms. The van der Waals surface area contributed by atoms with E-state index in [0.717, 1.165) is 59.7 Å². The summed E-state index contributed by atoms with van der Waals surface area (Å²) in [6, 6.07) is 20.2. The number of hydrogen-bond donors (Lipinski definition) is 0. The SMILES string of the molecule is O=C1CCCN1c1cc(-c2ccc(-c3ccccc3)nc2)cc(N2CCCC2=O)c1. The molecule has 0 aliphatic carbocycles. The summed E-state index contributed by atoms with van der Waals surface area (Å²) in [7, 11) is 0. The van der Waals surface area contributed by atoms with Crippen molar-refractivity contribution in [2.24, 2.45) is 0 Å². The van der Waals surface area contributed by atoms with Crippen molar-refractivity contribution in [2.75, 3.05) is 22.9 Å². The van der Waals surface area contributed by atoms with Gasteiger partial charge in [-0.05, 0) is 42.7 Å². The number of benzene rings is 2. The van der Waals surface area contributed by atoms with Crippen LogP contribution in [-0.2, 0) is 9.59 Å².